The summed E-state index contributed by atoms with van der Waals surface area (Å²) in [6.07, 6.45) is 0.795. The molecule has 0 saturated carbocycles. The number of carboxylic acids is 1. The summed E-state index contributed by atoms with van der Waals surface area (Å²) >= 11 is 0. The van der Waals surface area contributed by atoms with E-state index in [0.29, 0.717) is 42.8 Å². The summed E-state index contributed by atoms with van der Waals surface area (Å²) in [6.45, 7) is 0.431. The molecule has 0 radical (unpaired) electrons. The smallest absolute Gasteiger partial charge is 0.341 e. The normalized spacial score (nSPS) is 15.7. The molecule has 0 atom stereocenters. The molecular weight excluding hydrogens is 382 g/mol. The lowest BCUT2D eigenvalue weighted by atomic mass is 9.84. The van der Waals surface area contributed by atoms with Crippen molar-refractivity contribution < 1.29 is 24.5 Å². The number of hydrogen-bond acceptors (Lipinski definition) is 4. The van der Waals surface area contributed by atoms with Crippen molar-refractivity contribution in [3.8, 4) is 5.75 Å². The Bertz CT molecular complexity index is 1090. The van der Waals surface area contributed by atoms with E-state index in [1.807, 2.05) is 42.5 Å². The molecule has 0 bridgehead atoms. The number of likely N-dealkylation sites (tertiary alicyclic amines) is 1. The Morgan fingerprint density at radius 2 is 1.67 bits per heavy atom. The molecule has 1 fully saturated rings. The number of amides is 1. The molecule has 4 rings (SSSR count). The molecule has 0 spiro atoms. The standard InChI is InChI=1S/C24H23NO5/c26-22(27)16-30-21-7-3-6-20(15-21)24(29)10-12-25(13-11-24)23(28)19-9-8-17-4-1-2-5-18(17)14-19/h1-9,14-15,29H,10-13,16H2,(H,26,27). The molecule has 0 unspecified atom stereocenters. The van der Waals surface area contributed by atoms with E-state index in [1.54, 1.807) is 29.2 Å². The highest BCUT2D eigenvalue weighted by Gasteiger charge is 2.36. The summed E-state index contributed by atoms with van der Waals surface area (Å²) in [5, 5.41) is 22.0. The van der Waals surface area contributed by atoms with Crippen molar-refractivity contribution in [2.24, 2.45) is 0 Å². The number of carboxylic acid groups (broad SMARTS) is 1. The third kappa shape index (κ3) is 4.14. The van der Waals surface area contributed by atoms with Gasteiger partial charge in [0, 0.05) is 18.7 Å². The second-order valence-corrected chi connectivity index (χ2v) is 7.60. The molecule has 3 aromatic carbocycles. The van der Waals surface area contributed by atoms with Gasteiger partial charge in [-0.2, -0.15) is 0 Å². The van der Waals surface area contributed by atoms with Crippen LogP contribution in [-0.4, -0.2) is 46.7 Å². The zero-order valence-corrected chi connectivity index (χ0v) is 16.5. The predicted octanol–water partition coefficient (Wildman–Crippen LogP) is 3.43. The molecule has 30 heavy (non-hydrogen) atoms. The summed E-state index contributed by atoms with van der Waals surface area (Å²) in [5.41, 5.74) is 0.231. The number of rotatable bonds is 5. The largest absolute Gasteiger partial charge is 0.482 e. The van der Waals surface area contributed by atoms with Crippen LogP contribution in [0.5, 0.6) is 5.75 Å². The van der Waals surface area contributed by atoms with E-state index in [2.05, 4.69) is 0 Å². The number of carbonyl (C=O) groups is 2. The fourth-order valence-electron chi connectivity index (χ4n) is 3.89. The van der Waals surface area contributed by atoms with Gasteiger partial charge in [0.1, 0.15) is 5.75 Å². The maximum atomic E-state index is 13.0. The number of ether oxygens (including phenoxy) is 1. The number of aliphatic hydroxyl groups is 1. The maximum absolute atomic E-state index is 13.0. The first kappa shape index (κ1) is 19.9. The van der Waals surface area contributed by atoms with Gasteiger partial charge in [-0.3, -0.25) is 4.79 Å². The molecule has 0 aliphatic carbocycles. The van der Waals surface area contributed by atoms with E-state index in [0.717, 1.165) is 10.8 Å². The molecule has 0 aromatic heterocycles. The van der Waals surface area contributed by atoms with E-state index < -0.39 is 18.2 Å². The van der Waals surface area contributed by atoms with Crippen LogP contribution in [0.4, 0.5) is 0 Å². The summed E-state index contributed by atoms with van der Waals surface area (Å²) in [6, 6.07) is 20.5. The lowest BCUT2D eigenvalue weighted by molar-refractivity contribution is -0.139. The minimum Gasteiger partial charge on any atom is -0.482 e. The molecule has 3 aromatic rings. The van der Waals surface area contributed by atoms with Crippen molar-refractivity contribution in [2.75, 3.05) is 19.7 Å². The van der Waals surface area contributed by atoms with Gasteiger partial charge in [0.2, 0.25) is 0 Å². The number of piperidine rings is 1. The fourth-order valence-corrected chi connectivity index (χ4v) is 3.89. The molecule has 1 aliphatic rings. The Morgan fingerprint density at radius 1 is 0.933 bits per heavy atom. The van der Waals surface area contributed by atoms with Gasteiger partial charge in [0.15, 0.2) is 6.61 Å². The second kappa shape index (κ2) is 8.16. The molecular formula is C24H23NO5. The molecule has 6 nitrogen and oxygen atoms in total. The first-order chi connectivity index (χ1) is 14.4. The van der Waals surface area contributed by atoms with Crippen molar-refractivity contribution in [1.29, 1.82) is 0 Å². The van der Waals surface area contributed by atoms with Crippen molar-refractivity contribution in [1.82, 2.24) is 4.90 Å². The van der Waals surface area contributed by atoms with E-state index in [-0.39, 0.29) is 5.91 Å². The molecule has 1 amide bonds. The van der Waals surface area contributed by atoms with Gasteiger partial charge in [-0.1, -0.05) is 42.5 Å². The zero-order chi connectivity index (χ0) is 21.1. The number of benzene rings is 3. The fraction of sp³-hybridized carbons (Fsp3) is 0.250. The maximum Gasteiger partial charge on any atom is 0.341 e. The van der Waals surface area contributed by atoms with Gasteiger partial charge in [-0.25, -0.2) is 4.79 Å². The van der Waals surface area contributed by atoms with Crippen LogP contribution < -0.4 is 4.74 Å². The second-order valence-electron chi connectivity index (χ2n) is 7.60. The van der Waals surface area contributed by atoms with Crippen LogP contribution in [-0.2, 0) is 10.4 Å². The van der Waals surface area contributed by atoms with Crippen LogP contribution in [0.2, 0.25) is 0 Å². The number of carbonyl (C=O) groups excluding carboxylic acids is 1. The Kier molecular flexibility index (Phi) is 5.42. The SMILES string of the molecule is O=C(O)COc1cccc(C2(O)CCN(C(=O)c3ccc4ccccc4c3)CC2)c1. The highest BCUT2D eigenvalue weighted by atomic mass is 16.5. The Hall–Kier alpha value is -3.38. The third-order valence-electron chi connectivity index (χ3n) is 5.61. The molecule has 1 saturated heterocycles. The minimum absolute atomic E-state index is 0.0404. The quantitative estimate of drug-likeness (QED) is 0.679. The lowest BCUT2D eigenvalue weighted by Gasteiger charge is -2.38. The van der Waals surface area contributed by atoms with Crippen LogP contribution >= 0.6 is 0 Å². The molecule has 1 heterocycles. The number of hydrogen-bond donors (Lipinski definition) is 2. The highest BCUT2D eigenvalue weighted by molar-refractivity contribution is 5.98. The van der Waals surface area contributed by atoms with Crippen molar-refractivity contribution in [3.05, 3.63) is 77.9 Å². The monoisotopic (exact) mass is 405 g/mol. The van der Waals surface area contributed by atoms with E-state index in [1.165, 1.54) is 0 Å². The zero-order valence-electron chi connectivity index (χ0n) is 16.5. The van der Waals surface area contributed by atoms with Crippen molar-refractivity contribution >= 4 is 22.6 Å². The van der Waals surface area contributed by atoms with Gasteiger partial charge >= 0.3 is 5.97 Å². The highest BCUT2D eigenvalue weighted by Crippen LogP contribution is 2.35. The number of fused-ring (bicyclic) bond motifs is 1. The van der Waals surface area contributed by atoms with Crippen molar-refractivity contribution in [2.45, 2.75) is 18.4 Å². The molecule has 1 aliphatic heterocycles. The molecule has 2 N–H and O–H groups in total. The Morgan fingerprint density at radius 3 is 2.40 bits per heavy atom. The summed E-state index contributed by atoms with van der Waals surface area (Å²) in [4.78, 5) is 25.4. The van der Waals surface area contributed by atoms with Gasteiger partial charge < -0.3 is 19.8 Å². The topological polar surface area (TPSA) is 87.1 Å². The Balaban J connectivity index is 1.45. The third-order valence-corrected chi connectivity index (χ3v) is 5.61. The summed E-state index contributed by atoms with van der Waals surface area (Å²) in [5.74, 6) is -0.695. The first-order valence-corrected chi connectivity index (χ1v) is 9.90. The van der Waals surface area contributed by atoms with Gasteiger partial charge in [0.05, 0.1) is 5.60 Å². The van der Waals surface area contributed by atoms with Crippen LogP contribution in [0.3, 0.4) is 0 Å². The molecule has 154 valence electrons. The van der Waals surface area contributed by atoms with Crippen LogP contribution in [0.25, 0.3) is 10.8 Å². The van der Waals surface area contributed by atoms with E-state index in [4.69, 9.17) is 9.84 Å². The average molecular weight is 405 g/mol. The number of nitrogens with zero attached hydrogens (tertiary/aromatic N) is 1. The van der Waals surface area contributed by atoms with Crippen LogP contribution in [0.1, 0.15) is 28.8 Å². The number of aliphatic carboxylic acids is 1. The van der Waals surface area contributed by atoms with Gasteiger partial charge in [0.25, 0.3) is 5.91 Å². The predicted molar refractivity (Wildman–Crippen MR) is 113 cm³/mol. The van der Waals surface area contributed by atoms with Gasteiger partial charge in [-0.15, -0.1) is 0 Å². The van der Waals surface area contributed by atoms with Crippen LogP contribution in [0, 0.1) is 0 Å². The Labute approximate surface area is 174 Å². The summed E-state index contributed by atoms with van der Waals surface area (Å²) < 4.78 is 5.22. The average Bonchev–Trinajstić information content (AvgIpc) is 2.77. The summed E-state index contributed by atoms with van der Waals surface area (Å²) in [7, 11) is 0. The van der Waals surface area contributed by atoms with E-state index in [9.17, 15) is 14.7 Å². The van der Waals surface area contributed by atoms with Gasteiger partial charge in [-0.05, 0) is 53.4 Å². The lowest BCUT2D eigenvalue weighted by Crippen LogP contribution is -2.45. The molecule has 6 heteroatoms. The first-order valence-electron chi connectivity index (χ1n) is 9.90. The van der Waals surface area contributed by atoms with Crippen LogP contribution in [0.15, 0.2) is 66.7 Å². The minimum atomic E-state index is -1.08. The van der Waals surface area contributed by atoms with E-state index >= 15 is 0 Å². The van der Waals surface area contributed by atoms with Crippen molar-refractivity contribution in [3.63, 3.8) is 0 Å².